The van der Waals surface area contributed by atoms with Crippen molar-refractivity contribution in [2.45, 2.75) is 293 Å². The Morgan fingerprint density at radius 2 is 0.813 bits per heavy atom. The van der Waals surface area contributed by atoms with E-state index < -0.39 is 99.3 Å². The predicted octanol–water partition coefficient (Wildman–Crippen LogP) is 10.2. The Balaban J connectivity index is 1.77. The van der Waals surface area contributed by atoms with Crippen LogP contribution in [0, 0.1) is 0 Å². The lowest BCUT2D eigenvalue weighted by atomic mass is 9.98. The number of hydrogen-bond donors (Lipinski definition) is 7. The van der Waals surface area contributed by atoms with Crippen molar-refractivity contribution in [2.75, 3.05) is 26.4 Å². The van der Waals surface area contributed by atoms with Gasteiger partial charge in [0.25, 0.3) is 0 Å². The third-order valence-corrected chi connectivity index (χ3v) is 14.1. The maximum atomic E-state index is 13.1. The van der Waals surface area contributed by atoms with Gasteiger partial charge in [-0.2, -0.15) is 0 Å². The van der Waals surface area contributed by atoms with Crippen molar-refractivity contribution in [2.24, 2.45) is 0 Å². The highest BCUT2D eigenvalue weighted by atomic mass is 16.7. The van der Waals surface area contributed by atoms with Crippen LogP contribution < -0.4 is 0 Å². The van der Waals surface area contributed by atoms with Crippen molar-refractivity contribution in [1.29, 1.82) is 0 Å². The van der Waals surface area contributed by atoms with Crippen LogP contribution in [0.4, 0.5) is 0 Å². The second kappa shape index (κ2) is 46.4. The first kappa shape index (κ1) is 68.6. The number of ether oxygens (including phenoxy) is 6. The first-order chi connectivity index (χ1) is 36.5. The number of aliphatic hydroxyl groups is 7. The van der Waals surface area contributed by atoms with Crippen molar-refractivity contribution in [3.05, 3.63) is 48.6 Å². The zero-order valence-corrected chi connectivity index (χ0v) is 46.5. The second-order valence-electron chi connectivity index (χ2n) is 20.8. The highest BCUT2D eigenvalue weighted by Gasteiger charge is 2.47. The summed E-state index contributed by atoms with van der Waals surface area (Å²) in [6.07, 6.45) is 37.1. The van der Waals surface area contributed by atoms with E-state index in [0.717, 1.165) is 44.9 Å². The molecule has 0 aliphatic carbocycles. The molecule has 2 fully saturated rings. The number of hydrogen-bond acceptors (Lipinski definition) is 15. The van der Waals surface area contributed by atoms with Crippen LogP contribution in [-0.4, -0.2) is 142 Å². The van der Waals surface area contributed by atoms with Crippen LogP contribution in [0.5, 0.6) is 0 Å². The maximum Gasteiger partial charge on any atom is 0.306 e. The summed E-state index contributed by atoms with van der Waals surface area (Å²) >= 11 is 0. The molecule has 2 saturated heterocycles. The molecule has 0 aromatic heterocycles. The van der Waals surface area contributed by atoms with E-state index in [-0.39, 0.29) is 19.4 Å². The summed E-state index contributed by atoms with van der Waals surface area (Å²) in [6.45, 7) is 2.57. The molecule has 15 heteroatoms. The molecule has 2 rings (SSSR count). The van der Waals surface area contributed by atoms with Crippen LogP contribution in [0.25, 0.3) is 0 Å². The first-order valence-electron chi connectivity index (χ1n) is 29.7. The van der Waals surface area contributed by atoms with E-state index >= 15 is 0 Å². The van der Waals surface area contributed by atoms with E-state index in [1.807, 2.05) is 6.08 Å². The molecule has 0 amide bonds. The lowest BCUT2D eigenvalue weighted by Gasteiger charge is -2.42. The van der Waals surface area contributed by atoms with E-state index in [2.05, 4.69) is 56.4 Å². The second-order valence-corrected chi connectivity index (χ2v) is 20.8. The van der Waals surface area contributed by atoms with Crippen molar-refractivity contribution >= 4 is 11.9 Å². The number of aliphatic hydroxyl groups excluding tert-OH is 7. The summed E-state index contributed by atoms with van der Waals surface area (Å²) in [5, 5.41) is 72.3. The molecule has 2 heterocycles. The fraction of sp³-hybridized carbons (Fsp3) is 0.833. The van der Waals surface area contributed by atoms with Gasteiger partial charge in [0, 0.05) is 12.8 Å². The number of carbonyl (C=O) groups excluding carboxylic acids is 2. The molecule has 436 valence electrons. The molecule has 0 spiro atoms. The Morgan fingerprint density at radius 3 is 1.29 bits per heavy atom. The number of unbranched alkanes of at least 4 members (excludes halogenated alkanes) is 25. The van der Waals surface area contributed by atoms with Gasteiger partial charge in [0.15, 0.2) is 18.7 Å². The number of rotatable bonds is 47. The quantitative estimate of drug-likeness (QED) is 0.0171. The minimum Gasteiger partial charge on any atom is -0.462 e. The van der Waals surface area contributed by atoms with Crippen LogP contribution in [0.2, 0.25) is 0 Å². The fourth-order valence-corrected chi connectivity index (χ4v) is 9.21. The van der Waals surface area contributed by atoms with E-state index in [1.165, 1.54) is 135 Å². The van der Waals surface area contributed by atoms with Gasteiger partial charge in [0.05, 0.1) is 19.8 Å². The molecule has 4 unspecified atom stereocenters. The first-order valence-corrected chi connectivity index (χ1v) is 29.7. The number of carbonyl (C=O) groups is 2. The van der Waals surface area contributed by atoms with E-state index in [0.29, 0.717) is 19.3 Å². The monoisotopic (exact) mass is 1070 g/mol. The molecule has 11 atom stereocenters. The van der Waals surface area contributed by atoms with E-state index in [9.17, 15) is 45.3 Å². The predicted molar refractivity (Wildman–Crippen MR) is 293 cm³/mol. The molecule has 2 aliphatic heterocycles. The van der Waals surface area contributed by atoms with Crippen LogP contribution in [0.15, 0.2) is 48.6 Å². The molecule has 0 bridgehead atoms. The van der Waals surface area contributed by atoms with E-state index in [1.54, 1.807) is 0 Å². The Kier molecular flexibility index (Phi) is 42.4. The summed E-state index contributed by atoms with van der Waals surface area (Å²) in [6, 6.07) is 0. The Hall–Kier alpha value is -2.54. The molecule has 0 aromatic rings. The minimum atomic E-state index is -1.77. The Labute approximate surface area is 452 Å². The lowest BCUT2D eigenvalue weighted by Crippen LogP contribution is -2.61. The highest BCUT2D eigenvalue weighted by molar-refractivity contribution is 5.70. The van der Waals surface area contributed by atoms with Crippen LogP contribution in [-0.2, 0) is 38.0 Å². The molecule has 2 aliphatic rings. The lowest BCUT2D eigenvalue weighted by molar-refractivity contribution is -0.332. The standard InChI is InChI=1S/C60H106O15/c1-3-5-7-9-11-13-15-17-19-21-23-24-25-27-28-30-32-34-36-38-40-42-51(62)70-45-48(73-52(63)43-41-39-37-35-33-31-29-26-22-20-18-16-14-12-10-8-6-4-2)46-71-59-58(69)56(67)54(65)50(75-59)47-72-60-57(68)55(66)53(64)49(44-61)74-60/h19,21,24-25,28,30,34,36,48-50,53-61,64-69H,3-18,20,22-23,26-27,29,31-33,35,37-47H2,1-2H3/b21-19+,25-24+,30-28+,36-34+/t48-,49+,50+,53-,54-,55?,56?,57?,58?,59+,60+/m0/s1. The van der Waals surface area contributed by atoms with Gasteiger partial charge in [-0.15, -0.1) is 0 Å². The molecule has 15 nitrogen and oxygen atoms in total. The summed E-state index contributed by atoms with van der Waals surface area (Å²) < 4.78 is 33.6. The summed E-state index contributed by atoms with van der Waals surface area (Å²) in [5.74, 6) is -0.982. The van der Waals surface area contributed by atoms with Gasteiger partial charge >= 0.3 is 11.9 Å². The molecule has 0 radical (unpaired) electrons. The zero-order chi connectivity index (χ0) is 54.6. The molecular formula is C60H106O15. The molecular weight excluding hydrogens is 961 g/mol. The van der Waals surface area contributed by atoms with Gasteiger partial charge in [-0.05, 0) is 51.4 Å². The molecule has 7 N–H and O–H groups in total. The maximum absolute atomic E-state index is 13.1. The average Bonchev–Trinajstić information content (AvgIpc) is 3.40. The third kappa shape index (κ3) is 33.5. The van der Waals surface area contributed by atoms with E-state index in [4.69, 9.17) is 28.4 Å². The topological polar surface area (TPSA) is 231 Å². The molecule has 0 aromatic carbocycles. The van der Waals surface area contributed by atoms with Gasteiger partial charge in [-0.3, -0.25) is 9.59 Å². The van der Waals surface area contributed by atoms with Crippen LogP contribution >= 0.6 is 0 Å². The SMILES string of the molecule is CCCCCCCCC/C=C/C/C=C/C/C=C/C/C=C/CCCC(=O)OC[C@@H](CO[C@@H]1O[C@H](CO[C@@H]2O[C@H](CO)[C@H](O)C(O)C2O)[C@H](O)C(O)C1O)OC(=O)CCCCCCCCCCCCCCCCCCCC. The highest BCUT2D eigenvalue weighted by Crippen LogP contribution is 2.27. The number of esters is 2. The Morgan fingerprint density at radius 1 is 0.427 bits per heavy atom. The summed E-state index contributed by atoms with van der Waals surface area (Å²) in [7, 11) is 0. The fourth-order valence-electron chi connectivity index (χ4n) is 9.21. The van der Waals surface area contributed by atoms with Gasteiger partial charge in [0.2, 0.25) is 0 Å². The largest absolute Gasteiger partial charge is 0.462 e. The third-order valence-electron chi connectivity index (χ3n) is 14.1. The molecule has 75 heavy (non-hydrogen) atoms. The van der Waals surface area contributed by atoms with Gasteiger partial charge < -0.3 is 64.2 Å². The number of allylic oxidation sites excluding steroid dienone is 8. The van der Waals surface area contributed by atoms with Gasteiger partial charge in [0.1, 0.15) is 55.4 Å². The van der Waals surface area contributed by atoms with Crippen molar-refractivity contribution in [1.82, 2.24) is 0 Å². The van der Waals surface area contributed by atoms with Crippen molar-refractivity contribution in [3.8, 4) is 0 Å². The molecule has 0 saturated carbocycles. The van der Waals surface area contributed by atoms with Crippen LogP contribution in [0.3, 0.4) is 0 Å². The van der Waals surface area contributed by atoms with Crippen molar-refractivity contribution < 1.29 is 73.8 Å². The van der Waals surface area contributed by atoms with Crippen LogP contribution in [0.1, 0.15) is 226 Å². The Bertz CT molecular complexity index is 1490. The normalized spacial score (nSPS) is 24.8. The van der Waals surface area contributed by atoms with Crippen molar-refractivity contribution in [3.63, 3.8) is 0 Å². The average molecular weight is 1070 g/mol. The van der Waals surface area contributed by atoms with Gasteiger partial charge in [-0.1, -0.05) is 210 Å². The minimum absolute atomic E-state index is 0.143. The summed E-state index contributed by atoms with van der Waals surface area (Å²) in [5.41, 5.74) is 0. The summed E-state index contributed by atoms with van der Waals surface area (Å²) in [4.78, 5) is 25.9. The van der Waals surface area contributed by atoms with Gasteiger partial charge in [-0.25, -0.2) is 0 Å². The zero-order valence-electron chi connectivity index (χ0n) is 46.5. The smallest absolute Gasteiger partial charge is 0.306 e.